The molecule has 2 heterocycles. The summed E-state index contributed by atoms with van der Waals surface area (Å²) < 4.78 is 6.76. The van der Waals surface area contributed by atoms with Gasteiger partial charge in [-0.25, -0.2) is 10.8 Å². The summed E-state index contributed by atoms with van der Waals surface area (Å²) in [6, 6.07) is 3.66. The Bertz CT molecular complexity index is 900. The topological polar surface area (TPSA) is 84.4 Å². The van der Waals surface area contributed by atoms with Gasteiger partial charge in [-0.3, -0.25) is 4.79 Å². The third-order valence-electron chi connectivity index (χ3n) is 3.44. The molecule has 120 valence electrons. The molecule has 23 heavy (non-hydrogen) atoms. The Labute approximate surface area is 145 Å². The second kappa shape index (κ2) is 5.95. The highest BCUT2D eigenvalue weighted by molar-refractivity contribution is 9.10. The molecule has 0 saturated carbocycles. The van der Waals surface area contributed by atoms with Gasteiger partial charge in [0.15, 0.2) is 5.76 Å². The summed E-state index contributed by atoms with van der Waals surface area (Å²) in [5, 5.41) is 5.79. The molecule has 0 atom stereocenters. The van der Waals surface area contributed by atoms with E-state index in [-0.39, 0.29) is 5.91 Å². The molecule has 8 heteroatoms. The Kier molecular flexibility index (Phi) is 4.13. The molecule has 0 bridgehead atoms. The Morgan fingerprint density at radius 2 is 2.22 bits per heavy atom. The van der Waals surface area contributed by atoms with Crippen LogP contribution < -0.4 is 16.2 Å². The van der Waals surface area contributed by atoms with E-state index < -0.39 is 0 Å². The number of halogens is 1. The van der Waals surface area contributed by atoms with Crippen molar-refractivity contribution in [1.82, 2.24) is 10.3 Å². The lowest BCUT2D eigenvalue weighted by atomic mass is 10.1. The fourth-order valence-electron chi connectivity index (χ4n) is 2.37. The van der Waals surface area contributed by atoms with Crippen molar-refractivity contribution >= 4 is 49.8 Å². The third kappa shape index (κ3) is 2.73. The zero-order valence-corrected chi connectivity index (χ0v) is 15.2. The lowest BCUT2D eigenvalue weighted by Crippen LogP contribution is -2.25. The van der Waals surface area contributed by atoms with E-state index in [0.717, 1.165) is 25.4 Å². The Morgan fingerprint density at radius 3 is 2.78 bits per heavy atom. The van der Waals surface area contributed by atoms with Crippen LogP contribution in [0.3, 0.4) is 0 Å². The van der Waals surface area contributed by atoms with Crippen LogP contribution in [0.25, 0.3) is 21.6 Å². The zero-order valence-electron chi connectivity index (χ0n) is 12.8. The van der Waals surface area contributed by atoms with Crippen LogP contribution in [0, 0.1) is 6.92 Å². The molecular weight excluding hydrogens is 380 g/mol. The van der Waals surface area contributed by atoms with Crippen molar-refractivity contribution in [3.63, 3.8) is 0 Å². The van der Waals surface area contributed by atoms with Crippen LogP contribution in [0.5, 0.6) is 0 Å². The minimum Gasteiger partial charge on any atom is -0.454 e. The molecule has 3 rings (SSSR count). The number of benzene rings is 1. The number of carbonyl (C=O) groups excluding carboxylic acids is 1. The van der Waals surface area contributed by atoms with Gasteiger partial charge in [0.1, 0.15) is 5.58 Å². The predicted octanol–water partition coefficient (Wildman–Crippen LogP) is 3.30. The Hall–Kier alpha value is -1.90. The number of aromatic nitrogens is 1. The van der Waals surface area contributed by atoms with Gasteiger partial charge in [-0.2, -0.15) is 0 Å². The zero-order chi connectivity index (χ0) is 16.7. The maximum atomic E-state index is 12.4. The summed E-state index contributed by atoms with van der Waals surface area (Å²) in [5.41, 5.74) is 1.86. The van der Waals surface area contributed by atoms with Crippen LogP contribution in [0.15, 0.2) is 27.2 Å². The lowest BCUT2D eigenvalue weighted by Gasteiger charge is -2.13. The van der Waals surface area contributed by atoms with E-state index in [2.05, 4.69) is 26.2 Å². The van der Waals surface area contributed by atoms with Crippen molar-refractivity contribution in [3.8, 4) is 10.6 Å². The van der Waals surface area contributed by atoms with Gasteiger partial charge in [0.25, 0.3) is 5.91 Å². The third-order valence-corrected chi connectivity index (χ3v) is 4.98. The maximum absolute atomic E-state index is 12.4. The molecule has 0 aliphatic heterocycles. The smallest absolute Gasteiger partial charge is 0.255 e. The predicted molar refractivity (Wildman–Crippen MR) is 95.7 cm³/mol. The van der Waals surface area contributed by atoms with Gasteiger partial charge in [0.2, 0.25) is 0 Å². The number of hydrazine groups is 1. The highest BCUT2D eigenvalue weighted by Gasteiger charge is 2.24. The van der Waals surface area contributed by atoms with Gasteiger partial charge >= 0.3 is 0 Å². The normalized spacial score (nSPS) is 11.0. The Morgan fingerprint density at radius 1 is 1.48 bits per heavy atom. The van der Waals surface area contributed by atoms with Crippen LogP contribution in [0.4, 0.5) is 5.69 Å². The van der Waals surface area contributed by atoms with E-state index in [9.17, 15) is 4.79 Å². The molecule has 2 aromatic heterocycles. The number of nitrogens with one attached hydrogen (secondary N) is 1. The first-order chi connectivity index (χ1) is 10.9. The molecule has 0 aliphatic carbocycles. The number of amides is 1. The van der Waals surface area contributed by atoms with Gasteiger partial charge in [-0.05, 0) is 28.9 Å². The second-order valence-electron chi connectivity index (χ2n) is 5.04. The molecule has 0 radical (unpaired) electrons. The van der Waals surface area contributed by atoms with Gasteiger partial charge in [-0.15, -0.1) is 11.3 Å². The SMILES string of the molecule is CNC(=O)c1c(-c2cnc(C)s2)oc2cc(N(C)N)c(Br)cc12. The van der Waals surface area contributed by atoms with Crippen LogP contribution in [0.1, 0.15) is 15.4 Å². The number of hydrogen-bond donors (Lipinski definition) is 2. The molecule has 3 N–H and O–H groups in total. The number of aryl methyl sites for hydroxylation is 1. The van der Waals surface area contributed by atoms with Crippen molar-refractivity contribution in [1.29, 1.82) is 0 Å². The number of carbonyl (C=O) groups is 1. The minimum atomic E-state index is -0.203. The van der Waals surface area contributed by atoms with Crippen molar-refractivity contribution in [2.24, 2.45) is 5.84 Å². The number of rotatable bonds is 3. The molecule has 1 aromatic carbocycles. The standard InChI is InChI=1S/C15H15BrN4O2S/c1-7-19-6-12(23-7)14-13(15(21)18-2)8-4-9(16)10(20(3)17)5-11(8)22-14/h4-6H,17H2,1-3H3,(H,18,21). The van der Waals surface area contributed by atoms with Gasteiger partial charge in [-0.1, -0.05) is 0 Å². The molecule has 0 aliphatic rings. The summed E-state index contributed by atoms with van der Waals surface area (Å²) in [6.45, 7) is 1.91. The monoisotopic (exact) mass is 394 g/mol. The molecule has 0 spiro atoms. The summed E-state index contributed by atoms with van der Waals surface area (Å²) in [5.74, 6) is 6.14. The number of nitrogens with two attached hydrogens (primary N) is 1. The summed E-state index contributed by atoms with van der Waals surface area (Å²) in [6.07, 6.45) is 1.72. The highest BCUT2D eigenvalue weighted by atomic mass is 79.9. The average Bonchev–Trinajstić information content (AvgIpc) is 3.08. The number of thiazole rings is 1. The van der Waals surface area contributed by atoms with Gasteiger partial charge < -0.3 is 14.7 Å². The van der Waals surface area contributed by atoms with Crippen molar-refractivity contribution in [3.05, 3.63) is 33.4 Å². The first kappa shape index (κ1) is 16.0. The quantitative estimate of drug-likeness (QED) is 0.525. The van der Waals surface area contributed by atoms with E-state index in [1.54, 1.807) is 20.3 Å². The van der Waals surface area contributed by atoms with Gasteiger partial charge in [0.05, 0.1) is 21.1 Å². The molecule has 1 amide bonds. The van der Waals surface area contributed by atoms with Crippen LogP contribution >= 0.6 is 27.3 Å². The van der Waals surface area contributed by atoms with E-state index in [1.807, 2.05) is 19.1 Å². The average molecular weight is 395 g/mol. The molecule has 0 fully saturated rings. The fraction of sp³-hybridized carbons (Fsp3) is 0.200. The first-order valence-electron chi connectivity index (χ1n) is 6.81. The lowest BCUT2D eigenvalue weighted by molar-refractivity contribution is 0.0965. The van der Waals surface area contributed by atoms with Gasteiger partial charge in [0, 0.05) is 36.2 Å². The van der Waals surface area contributed by atoms with E-state index in [0.29, 0.717) is 16.9 Å². The van der Waals surface area contributed by atoms with Crippen molar-refractivity contribution in [2.45, 2.75) is 6.92 Å². The number of furan rings is 1. The molecule has 6 nitrogen and oxygen atoms in total. The molecule has 3 aromatic rings. The van der Waals surface area contributed by atoms with E-state index in [4.69, 9.17) is 10.3 Å². The fourth-order valence-corrected chi connectivity index (χ4v) is 3.75. The highest BCUT2D eigenvalue weighted by Crippen LogP contribution is 2.39. The largest absolute Gasteiger partial charge is 0.454 e. The van der Waals surface area contributed by atoms with Crippen LogP contribution in [-0.2, 0) is 0 Å². The first-order valence-corrected chi connectivity index (χ1v) is 8.42. The summed E-state index contributed by atoms with van der Waals surface area (Å²) >= 11 is 4.97. The van der Waals surface area contributed by atoms with Crippen molar-refractivity contribution < 1.29 is 9.21 Å². The summed E-state index contributed by atoms with van der Waals surface area (Å²) in [7, 11) is 3.34. The molecule has 0 saturated heterocycles. The van der Waals surface area contributed by atoms with E-state index >= 15 is 0 Å². The molecular formula is C15H15BrN4O2S. The number of hydrogen-bond acceptors (Lipinski definition) is 6. The van der Waals surface area contributed by atoms with E-state index in [1.165, 1.54) is 16.3 Å². The molecule has 0 unspecified atom stereocenters. The van der Waals surface area contributed by atoms with Crippen LogP contribution in [0.2, 0.25) is 0 Å². The number of fused-ring (bicyclic) bond motifs is 1. The summed E-state index contributed by atoms with van der Waals surface area (Å²) in [4.78, 5) is 17.4. The number of anilines is 1. The van der Waals surface area contributed by atoms with Crippen LogP contribution in [-0.4, -0.2) is 25.0 Å². The minimum absolute atomic E-state index is 0.203. The second-order valence-corrected chi connectivity index (χ2v) is 7.13. The Balaban J connectivity index is 2.33. The van der Waals surface area contributed by atoms with Crippen molar-refractivity contribution in [2.75, 3.05) is 19.1 Å². The number of nitrogens with zero attached hydrogens (tertiary/aromatic N) is 2. The maximum Gasteiger partial charge on any atom is 0.255 e.